The molecule has 2 aromatic rings. The number of hydrogen-bond acceptors (Lipinski definition) is 5. The molecule has 1 aromatic carbocycles. The molecule has 0 radical (unpaired) electrons. The summed E-state index contributed by atoms with van der Waals surface area (Å²) in [5.41, 5.74) is 0.287. The van der Waals surface area contributed by atoms with Crippen molar-refractivity contribution in [2.24, 2.45) is 0 Å². The van der Waals surface area contributed by atoms with E-state index >= 15 is 0 Å². The molecule has 0 fully saturated rings. The Morgan fingerprint density at radius 2 is 2.12 bits per heavy atom. The zero-order valence-electron chi connectivity index (χ0n) is 9.44. The predicted octanol–water partition coefficient (Wildman–Crippen LogP) is 1.71. The molecule has 1 aromatic heterocycles. The van der Waals surface area contributed by atoms with Crippen LogP contribution in [0.2, 0.25) is 0 Å². The Hall–Kier alpha value is -2.30. The van der Waals surface area contributed by atoms with Crippen molar-refractivity contribution in [1.29, 1.82) is 5.41 Å². The molecule has 5 nitrogen and oxygen atoms in total. The van der Waals surface area contributed by atoms with Gasteiger partial charge in [-0.1, -0.05) is 12.1 Å². The molecule has 0 spiro atoms. The molecule has 0 saturated carbocycles. The van der Waals surface area contributed by atoms with Crippen LogP contribution in [-0.2, 0) is 4.74 Å². The van der Waals surface area contributed by atoms with Gasteiger partial charge in [0.25, 0.3) is 0 Å². The third-order valence-corrected chi connectivity index (χ3v) is 2.38. The third kappa shape index (κ3) is 1.87. The molecule has 0 bridgehead atoms. The molecule has 0 unspecified atom stereocenters. The fraction of sp³-hybridized carbons (Fsp3) is 0.167. The van der Waals surface area contributed by atoms with E-state index in [2.05, 4.69) is 4.74 Å². The zero-order chi connectivity index (χ0) is 12.4. The molecule has 2 rings (SSSR count). The second kappa shape index (κ2) is 4.29. The van der Waals surface area contributed by atoms with Gasteiger partial charge in [0, 0.05) is 5.39 Å². The Morgan fingerprint density at radius 3 is 2.76 bits per heavy atom. The normalized spacial score (nSPS) is 10.2. The van der Waals surface area contributed by atoms with Crippen molar-refractivity contribution < 1.29 is 18.7 Å². The molecule has 0 atom stereocenters. The number of esters is 1. The lowest BCUT2D eigenvalue weighted by atomic mass is 10.2. The minimum atomic E-state index is -0.594. The molecule has 0 amide bonds. The lowest BCUT2D eigenvalue weighted by Crippen LogP contribution is -2.15. The summed E-state index contributed by atoms with van der Waals surface area (Å²) in [5, 5.41) is 8.32. The smallest absolute Gasteiger partial charge is 0.343 e. The monoisotopic (exact) mass is 233 g/mol. The molecule has 0 aliphatic carbocycles. The molecule has 88 valence electrons. The summed E-state index contributed by atoms with van der Waals surface area (Å²) in [6.07, 6.45) is 0. The first-order valence-corrected chi connectivity index (χ1v) is 4.91. The number of hydrogen-bond donors (Lipinski definition) is 1. The summed E-state index contributed by atoms with van der Waals surface area (Å²) in [6, 6.07) is 6.83. The maximum atomic E-state index is 11.4. The maximum Gasteiger partial charge on any atom is 0.343 e. The summed E-state index contributed by atoms with van der Waals surface area (Å²) in [6.45, 7) is 0. The molecule has 0 saturated heterocycles. The van der Waals surface area contributed by atoms with Crippen molar-refractivity contribution in [1.82, 2.24) is 0 Å². The lowest BCUT2D eigenvalue weighted by molar-refractivity contribution is 0.0595. The van der Waals surface area contributed by atoms with Gasteiger partial charge in [-0.25, -0.2) is 4.79 Å². The number of carbonyl (C=O) groups is 1. The molecule has 1 heterocycles. The highest BCUT2D eigenvalue weighted by atomic mass is 16.5. The topological polar surface area (TPSA) is 72.5 Å². The van der Waals surface area contributed by atoms with Crippen LogP contribution in [-0.4, -0.2) is 20.2 Å². The molecular formula is C12H11NO4. The van der Waals surface area contributed by atoms with Crippen LogP contribution in [0.5, 0.6) is 5.75 Å². The number of carbonyl (C=O) groups excluding carboxylic acids is 1. The average Bonchev–Trinajstić information content (AvgIpc) is 2.36. The van der Waals surface area contributed by atoms with Crippen LogP contribution < -0.4 is 10.3 Å². The van der Waals surface area contributed by atoms with Gasteiger partial charge in [-0.3, -0.25) is 5.41 Å². The SMILES string of the molecule is COC(=O)c1cc2cccc(OC)c2oc1=N. The third-order valence-electron chi connectivity index (χ3n) is 2.38. The van der Waals surface area contributed by atoms with Crippen molar-refractivity contribution in [3.8, 4) is 5.75 Å². The fourth-order valence-corrected chi connectivity index (χ4v) is 1.56. The highest BCUT2D eigenvalue weighted by Crippen LogP contribution is 2.24. The Morgan fingerprint density at radius 1 is 1.35 bits per heavy atom. The van der Waals surface area contributed by atoms with Crippen LogP contribution in [0.3, 0.4) is 0 Å². The van der Waals surface area contributed by atoms with Gasteiger partial charge >= 0.3 is 5.97 Å². The second-order valence-corrected chi connectivity index (χ2v) is 3.36. The van der Waals surface area contributed by atoms with Gasteiger partial charge in [0.1, 0.15) is 5.56 Å². The number of ether oxygens (including phenoxy) is 2. The van der Waals surface area contributed by atoms with Crippen molar-refractivity contribution in [2.45, 2.75) is 0 Å². The molecule has 1 N–H and O–H groups in total. The molecule has 0 aliphatic heterocycles. The Labute approximate surface area is 97.1 Å². The Bertz CT molecular complexity index is 630. The van der Waals surface area contributed by atoms with E-state index in [1.807, 2.05) is 0 Å². The first-order chi connectivity index (χ1) is 8.17. The van der Waals surface area contributed by atoms with Crippen LogP contribution in [0.15, 0.2) is 28.7 Å². The second-order valence-electron chi connectivity index (χ2n) is 3.36. The van der Waals surface area contributed by atoms with E-state index in [-0.39, 0.29) is 11.1 Å². The van der Waals surface area contributed by atoms with Gasteiger partial charge in [-0.05, 0) is 12.1 Å². The lowest BCUT2D eigenvalue weighted by Gasteiger charge is -2.05. The van der Waals surface area contributed by atoms with E-state index < -0.39 is 5.97 Å². The van der Waals surface area contributed by atoms with Crippen LogP contribution in [0.1, 0.15) is 10.4 Å². The van der Waals surface area contributed by atoms with Gasteiger partial charge in [0.15, 0.2) is 11.3 Å². The molecule has 5 heteroatoms. The predicted molar refractivity (Wildman–Crippen MR) is 60.0 cm³/mol. The van der Waals surface area contributed by atoms with E-state index in [0.29, 0.717) is 16.7 Å². The average molecular weight is 233 g/mol. The Kier molecular flexibility index (Phi) is 2.82. The maximum absolute atomic E-state index is 11.4. The van der Waals surface area contributed by atoms with Crippen molar-refractivity contribution in [3.63, 3.8) is 0 Å². The van der Waals surface area contributed by atoms with Crippen molar-refractivity contribution in [2.75, 3.05) is 14.2 Å². The molecular weight excluding hydrogens is 222 g/mol. The summed E-state index contributed by atoms with van der Waals surface area (Å²) >= 11 is 0. The number of rotatable bonds is 2. The van der Waals surface area contributed by atoms with Gasteiger partial charge in [-0.15, -0.1) is 0 Å². The van der Waals surface area contributed by atoms with Crippen LogP contribution >= 0.6 is 0 Å². The van der Waals surface area contributed by atoms with E-state index in [9.17, 15) is 4.79 Å². The zero-order valence-corrected chi connectivity index (χ0v) is 9.44. The van der Waals surface area contributed by atoms with Crippen LogP contribution in [0.4, 0.5) is 0 Å². The minimum Gasteiger partial charge on any atom is -0.493 e. The van der Waals surface area contributed by atoms with E-state index in [1.165, 1.54) is 14.2 Å². The molecule has 17 heavy (non-hydrogen) atoms. The first kappa shape index (κ1) is 11.2. The van der Waals surface area contributed by atoms with E-state index in [0.717, 1.165) is 0 Å². The number of para-hydroxylation sites is 1. The highest BCUT2D eigenvalue weighted by Gasteiger charge is 2.13. The van der Waals surface area contributed by atoms with Gasteiger partial charge in [0.2, 0.25) is 5.55 Å². The summed E-state index contributed by atoms with van der Waals surface area (Å²) < 4.78 is 15.0. The van der Waals surface area contributed by atoms with Gasteiger partial charge in [0.05, 0.1) is 14.2 Å². The van der Waals surface area contributed by atoms with Crippen LogP contribution in [0, 0.1) is 5.41 Å². The number of methoxy groups -OCH3 is 2. The standard InChI is InChI=1S/C12H11NO4/c1-15-9-5-3-4-7-6-8(12(14)16-2)11(13)17-10(7)9/h3-6,13H,1-2H3. The number of benzene rings is 1. The quantitative estimate of drug-likeness (QED) is 0.801. The highest BCUT2D eigenvalue weighted by molar-refractivity contribution is 5.93. The minimum absolute atomic E-state index is 0.0910. The fourth-order valence-electron chi connectivity index (χ4n) is 1.56. The van der Waals surface area contributed by atoms with Crippen molar-refractivity contribution >= 4 is 16.9 Å². The van der Waals surface area contributed by atoms with Gasteiger partial charge in [-0.2, -0.15) is 0 Å². The number of nitrogens with one attached hydrogen (secondary N) is 1. The van der Waals surface area contributed by atoms with Crippen LogP contribution in [0.25, 0.3) is 11.0 Å². The Balaban J connectivity index is 2.75. The van der Waals surface area contributed by atoms with E-state index in [1.54, 1.807) is 24.3 Å². The first-order valence-electron chi connectivity index (χ1n) is 4.91. The summed E-state index contributed by atoms with van der Waals surface area (Å²) in [7, 11) is 2.78. The van der Waals surface area contributed by atoms with E-state index in [4.69, 9.17) is 14.6 Å². The summed E-state index contributed by atoms with van der Waals surface area (Å²) in [4.78, 5) is 11.4. The number of fused-ring (bicyclic) bond motifs is 1. The van der Waals surface area contributed by atoms with Gasteiger partial charge < -0.3 is 13.9 Å². The van der Waals surface area contributed by atoms with Crippen molar-refractivity contribution in [3.05, 3.63) is 35.4 Å². The largest absolute Gasteiger partial charge is 0.493 e. The molecule has 0 aliphatic rings. The summed E-state index contributed by atoms with van der Waals surface area (Å²) in [5.74, 6) is -0.0733.